The summed E-state index contributed by atoms with van der Waals surface area (Å²) in [4.78, 5) is 2.75. The van der Waals surface area contributed by atoms with Crippen molar-refractivity contribution in [2.24, 2.45) is 11.8 Å². The third-order valence-electron chi connectivity index (χ3n) is 4.80. The molecule has 2 rings (SSSR count). The van der Waals surface area contributed by atoms with Gasteiger partial charge < -0.3 is 10.2 Å². The fourth-order valence-corrected chi connectivity index (χ4v) is 3.59. The molecule has 0 spiro atoms. The number of nitrogens with one attached hydrogen (secondary N) is 1. The van der Waals surface area contributed by atoms with Crippen molar-refractivity contribution in [1.82, 2.24) is 10.2 Å². The van der Waals surface area contributed by atoms with Gasteiger partial charge in [0.15, 0.2) is 0 Å². The average Bonchev–Trinajstić information content (AvgIpc) is 2.83. The van der Waals surface area contributed by atoms with Crippen LogP contribution in [-0.2, 0) is 0 Å². The Labute approximate surface area is 101 Å². The minimum atomic E-state index is 0.845. The van der Waals surface area contributed by atoms with Gasteiger partial charge in [-0.05, 0) is 71.1 Å². The van der Waals surface area contributed by atoms with Crippen LogP contribution in [0.5, 0.6) is 0 Å². The second-order valence-electron chi connectivity index (χ2n) is 5.82. The van der Waals surface area contributed by atoms with Gasteiger partial charge >= 0.3 is 0 Å². The van der Waals surface area contributed by atoms with Gasteiger partial charge in [-0.25, -0.2) is 0 Å². The van der Waals surface area contributed by atoms with Crippen LogP contribution in [-0.4, -0.2) is 37.6 Å². The smallest absolute Gasteiger partial charge is 0.00951 e. The van der Waals surface area contributed by atoms with Crippen molar-refractivity contribution in [2.45, 2.75) is 51.5 Å². The number of piperidine rings is 1. The van der Waals surface area contributed by atoms with E-state index >= 15 is 0 Å². The molecule has 2 nitrogen and oxygen atoms in total. The van der Waals surface area contributed by atoms with E-state index in [0.29, 0.717) is 0 Å². The van der Waals surface area contributed by atoms with Crippen LogP contribution in [0.3, 0.4) is 0 Å². The summed E-state index contributed by atoms with van der Waals surface area (Å²) in [6.45, 7) is 6.36. The van der Waals surface area contributed by atoms with E-state index in [-0.39, 0.29) is 0 Å². The highest BCUT2D eigenvalue weighted by Gasteiger charge is 2.28. The molecule has 1 atom stereocenters. The van der Waals surface area contributed by atoms with Crippen LogP contribution in [0.1, 0.15) is 45.4 Å². The van der Waals surface area contributed by atoms with Crippen LogP contribution >= 0.6 is 0 Å². The van der Waals surface area contributed by atoms with E-state index in [9.17, 15) is 0 Å². The van der Waals surface area contributed by atoms with Gasteiger partial charge in [-0.2, -0.15) is 0 Å². The standard InChI is InChI=1S/C14H28N2/c1-12(14-5-3-4-6-14)16-9-7-13(8-10-16)11-15-2/h12-15H,3-11H2,1-2H3. The van der Waals surface area contributed by atoms with Gasteiger partial charge in [-0.3, -0.25) is 0 Å². The Balaban J connectivity index is 1.74. The van der Waals surface area contributed by atoms with E-state index in [1.165, 1.54) is 58.2 Å². The summed E-state index contributed by atoms with van der Waals surface area (Å²) in [6, 6.07) is 0.845. The van der Waals surface area contributed by atoms with Gasteiger partial charge in [0.1, 0.15) is 0 Å². The summed E-state index contributed by atoms with van der Waals surface area (Å²) in [6.07, 6.45) is 8.72. The Morgan fingerprint density at radius 3 is 2.31 bits per heavy atom. The summed E-state index contributed by atoms with van der Waals surface area (Å²) < 4.78 is 0. The van der Waals surface area contributed by atoms with E-state index < -0.39 is 0 Å². The highest BCUT2D eigenvalue weighted by Crippen LogP contribution is 2.31. The van der Waals surface area contributed by atoms with Crippen LogP contribution in [0.15, 0.2) is 0 Å². The second kappa shape index (κ2) is 6.02. The highest BCUT2D eigenvalue weighted by atomic mass is 15.2. The Bertz CT molecular complexity index is 191. The lowest BCUT2D eigenvalue weighted by Crippen LogP contribution is -2.44. The largest absolute Gasteiger partial charge is 0.319 e. The van der Waals surface area contributed by atoms with Crippen LogP contribution in [0.2, 0.25) is 0 Å². The fraction of sp³-hybridized carbons (Fsp3) is 1.00. The van der Waals surface area contributed by atoms with Crippen LogP contribution in [0, 0.1) is 11.8 Å². The topological polar surface area (TPSA) is 15.3 Å². The van der Waals surface area contributed by atoms with Crippen LogP contribution < -0.4 is 5.32 Å². The maximum atomic E-state index is 3.32. The SMILES string of the molecule is CNCC1CCN(C(C)C2CCCC2)CC1. The van der Waals surface area contributed by atoms with Gasteiger partial charge in [0.25, 0.3) is 0 Å². The molecule has 0 aromatic rings. The number of nitrogens with zero attached hydrogens (tertiary/aromatic N) is 1. The minimum Gasteiger partial charge on any atom is -0.319 e. The monoisotopic (exact) mass is 224 g/mol. The van der Waals surface area contributed by atoms with E-state index in [2.05, 4.69) is 24.2 Å². The van der Waals surface area contributed by atoms with Gasteiger partial charge in [-0.1, -0.05) is 12.8 Å². The molecular weight excluding hydrogens is 196 g/mol. The van der Waals surface area contributed by atoms with Crippen LogP contribution in [0.25, 0.3) is 0 Å². The minimum absolute atomic E-state index is 0.845. The molecule has 1 unspecified atom stereocenters. The average molecular weight is 224 g/mol. The molecular formula is C14H28N2. The highest BCUT2D eigenvalue weighted by molar-refractivity contribution is 4.83. The summed E-state index contributed by atoms with van der Waals surface area (Å²) in [5, 5.41) is 3.32. The summed E-state index contributed by atoms with van der Waals surface area (Å²) >= 11 is 0. The molecule has 1 aliphatic carbocycles. The van der Waals surface area contributed by atoms with Gasteiger partial charge in [0.2, 0.25) is 0 Å². The Kier molecular flexibility index (Phi) is 4.66. The number of rotatable bonds is 4. The van der Waals surface area contributed by atoms with Crippen molar-refractivity contribution < 1.29 is 0 Å². The number of likely N-dealkylation sites (tertiary alicyclic amines) is 1. The Morgan fingerprint density at radius 2 is 1.75 bits per heavy atom. The predicted octanol–water partition coefficient (Wildman–Crippen LogP) is 2.50. The second-order valence-corrected chi connectivity index (χ2v) is 5.82. The lowest BCUT2D eigenvalue weighted by molar-refractivity contribution is 0.106. The number of hydrogen-bond acceptors (Lipinski definition) is 2. The van der Waals surface area contributed by atoms with E-state index in [4.69, 9.17) is 0 Å². The van der Waals surface area contributed by atoms with Crippen molar-refractivity contribution in [1.29, 1.82) is 0 Å². The molecule has 1 saturated carbocycles. The molecule has 0 bridgehead atoms. The summed E-state index contributed by atoms with van der Waals surface area (Å²) in [7, 11) is 2.08. The molecule has 0 aromatic heterocycles. The summed E-state index contributed by atoms with van der Waals surface area (Å²) in [5.41, 5.74) is 0. The normalized spacial score (nSPS) is 27.4. The molecule has 0 amide bonds. The van der Waals surface area contributed by atoms with E-state index in [1.807, 2.05) is 0 Å². The Morgan fingerprint density at radius 1 is 1.12 bits per heavy atom. The Hall–Kier alpha value is -0.0800. The lowest BCUT2D eigenvalue weighted by Gasteiger charge is -2.38. The zero-order valence-corrected chi connectivity index (χ0v) is 11.0. The van der Waals surface area contributed by atoms with Crippen molar-refractivity contribution in [3.63, 3.8) is 0 Å². The van der Waals surface area contributed by atoms with Gasteiger partial charge in [0, 0.05) is 6.04 Å². The first-order chi connectivity index (χ1) is 7.81. The van der Waals surface area contributed by atoms with Gasteiger partial charge in [0.05, 0.1) is 0 Å². The van der Waals surface area contributed by atoms with Crippen molar-refractivity contribution in [2.75, 3.05) is 26.7 Å². The molecule has 0 radical (unpaired) electrons. The quantitative estimate of drug-likeness (QED) is 0.789. The molecule has 2 fully saturated rings. The molecule has 0 aromatic carbocycles. The molecule has 1 saturated heterocycles. The zero-order valence-electron chi connectivity index (χ0n) is 11.0. The first-order valence-corrected chi connectivity index (χ1v) is 7.20. The maximum absolute atomic E-state index is 3.32. The van der Waals surface area contributed by atoms with E-state index in [0.717, 1.165) is 17.9 Å². The van der Waals surface area contributed by atoms with Crippen LogP contribution in [0.4, 0.5) is 0 Å². The third kappa shape index (κ3) is 2.98. The van der Waals surface area contributed by atoms with E-state index in [1.54, 1.807) is 0 Å². The molecule has 16 heavy (non-hydrogen) atoms. The van der Waals surface area contributed by atoms with Crippen molar-refractivity contribution in [3.05, 3.63) is 0 Å². The van der Waals surface area contributed by atoms with Gasteiger partial charge in [-0.15, -0.1) is 0 Å². The molecule has 1 aliphatic heterocycles. The van der Waals surface area contributed by atoms with Crippen molar-refractivity contribution in [3.8, 4) is 0 Å². The zero-order chi connectivity index (χ0) is 11.4. The first kappa shape index (κ1) is 12.4. The maximum Gasteiger partial charge on any atom is 0.00951 e. The third-order valence-corrected chi connectivity index (χ3v) is 4.80. The molecule has 2 aliphatic rings. The van der Waals surface area contributed by atoms with Crippen molar-refractivity contribution >= 4 is 0 Å². The molecule has 1 N–H and O–H groups in total. The molecule has 2 heteroatoms. The molecule has 1 heterocycles. The first-order valence-electron chi connectivity index (χ1n) is 7.20. The summed E-state index contributed by atoms with van der Waals surface area (Å²) in [5.74, 6) is 1.93. The lowest BCUT2D eigenvalue weighted by atomic mass is 9.92. The fourth-order valence-electron chi connectivity index (χ4n) is 3.59. The predicted molar refractivity (Wildman–Crippen MR) is 69.6 cm³/mol. The number of hydrogen-bond donors (Lipinski definition) is 1. The molecule has 94 valence electrons.